The van der Waals surface area contributed by atoms with Gasteiger partial charge in [-0.3, -0.25) is 4.79 Å². The molecule has 0 aromatic heterocycles. The highest BCUT2D eigenvalue weighted by Crippen LogP contribution is 2.22. The smallest absolute Gasteiger partial charge is 0.303 e. The lowest BCUT2D eigenvalue weighted by molar-refractivity contribution is -0.138. The van der Waals surface area contributed by atoms with Gasteiger partial charge >= 0.3 is 5.97 Å². The average molecular weight is 487 g/mol. The average Bonchev–Trinajstić information content (AvgIpc) is 2.81. The van der Waals surface area contributed by atoms with Crippen LogP contribution in [0.3, 0.4) is 0 Å². The highest BCUT2D eigenvalue weighted by atomic mass is 16.4. The van der Waals surface area contributed by atoms with Crippen molar-refractivity contribution in [3.8, 4) is 0 Å². The van der Waals surface area contributed by atoms with Crippen molar-refractivity contribution in [1.29, 1.82) is 0 Å². The van der Waals surface area contributed by atoms with Gasteiger partial charge in [-0.15, -0.1) is 0 Å². The predicted octanol–water partition coefficient (Wildman–Crippen LogP) is 8.92. The van der Waals surface area contributed by atoms with Crippen molar-refractivity contribution in [1.82, 2.24) is 0 Å². The van der Waals surface area contributed by atoms with Gasteiger partial charge in [0.25, 0.3) is 0 Å². The van der Waals surface area contributed by atoms with Gasteiger partial charge in [-0.05, 0) is 18.8 Å². The Labute approximate surface area is 213 Å². The first-order valence-corrected chi connectivity index (χ1v) is 14.8. The van der Waals surface area contributed by atoms with Gasteiger partial charge in [0, 0.05) is 11.8 Å². The number of aliphatic hydroxyl groups is 2. The lowest BCUT2D eigenvalue weighted by atomic mass is 9.91. The molecule has 4 heteroatoms. The van der Waals surface area contributed by atoms with Crippen LogP contribution in [-0.2, 0) is 4.79 Å². The summed E-state index contributed by atoms with van der Waals surface area (Å²) in [5, 5.41) is 26.0. The molecule has 0 fully saturated rings. The molecule has 0 bridgehead atoms. The zero-order valence-electron chi connectivity index (χ0n) is 23.6. The molecule has 0 aliphatic heterocycles. The maximum atomic E-state index is 11.1. The van der Waals surface area contributed by atoms with Crippen molar-refractivity contribution >= 4 is 5.97 Å². The summed E-state index contributed by atoms with van der Waals surface area (Å²) in [6.07, 6.45) is 26.9. The molecule has 0 aliphatic rings. The Balaban J connectivity index is 0. The normalized spacial score (nSPS) is 12.3. The molecule has 0 amide bonds. The van der Waals surface area contributed by atoms with E-state index < -0.39 is 5.97 Å². The summed E-state index contributed by atoms with van der Waals surface area (Å²) in [4.78, 5) is 11.1. The number of unbranched alkanes of at least 4 members (excludes halogenated alkanes) is 16. The van der Waals surface area contributed by atoms with E-state index in [-0.39, 0.29) is 18.6 Å². The van der Waals surface area contributed by atoms with E-state index in [1.165, 1.54) is 116 Å². The fourth-order valence-corrected chi connectivity index (χ4v) is 4.13. The fraction of sp³-hybridized carbons (Fsp3) is 0.967. The molecule has 0 aromatic rings. The van der Waals surface area contributed by atoms with Crippen molar-refractivity contribution in [3.63, 3.8) is 0 Å². The second-order valence-corrected chi connectivity index (χ2v) is 11.2. The van der Waals surface area contributed by atoms with Crippen LogP contribution in [0.25, 0.3) is 0 Å². The Morgan fingerprint density at radius 1 is 0.588 bits per heavy atom. The van der Waals surface area contributed by atoms with Crippen molar-refractivity contribution in [3.05, 3.63) is 0 Å². The summed E-state index contributed by atoms with van der Waals surface area (Å²) < 4.78 is 0. The van der Waals surface area contributed by atoms with Gasteiger partial charge < -0.3 is 15.3 Å². The highest BCUT2D eigenvalue weighted by molar-refractivity contribution is 5.66. The van der Waals surface area contributed by atoms with Gasteiger partial charge in [0.1, 0.15) is 0 Å². The molecule has 1 unspecified atom stereocenters. The van der Waals surface area contributed by atoms with E-state index in [1.54, 1.807) is 13.8 Å². The van der Waals surface area contributed by atoms with Gasteiger partial charge in [-0.2, -0.15) is 0 Å². The zero-order valence-corrected chi connectivity index (χ0v) is 23.6. The maximum absolute atomic E-state index is 11.1. The van der Waals surface area contributed by atoms with Crippen LogP contribution in [0.4, 0.5) is 0 Å². The van der Waals surface area contributed by atoms with E-state index in [4.69, 9.17) is 15.3 Å². The van der Waals surface area contributed by atoms with Gasteiger partial charge in [0.15, 0.2) is 0 Å². The van der Waals surface area contributed by atoms with Crippen LogP contribution < -0.4 is 0 Å². The second kappa shape index (κ2) is 27.0. The monoisotopic (exact) mass is 486 g/mol. The first-order valence-electron chi connectivity index (χ1n) is 14.8. The molecule has 0 rings (SSSR count). The third-order valence-corrected chi connectivity index (χ3v) is 6.75. The second-order valence-electron chi connectivity index (χ2n) is 11.2. The first-order chi connectivity index (χ1) is 16.3. The Hall–Kier alpha value is -0.610. The lowest BCUT2D eigenvalue weighted by Crippen LogP contribution is -2.20. The summed E-state index contributed by atoms with van der Waals surface area (Å²) in [7, 11) is 0. The van der Waals surface area contributed by atoms with E-state index in [0.29, 0.717) is 12.3 Å². The van der Waals surface area contributed by atoms with Crippen LogP contribution in [-0.4, -0.2) is 34.5 Å². The fourth-order valence-electron chi connectivity index (χ4n) is 4.13. The van der Waals surface area contributed by atoms with Crippen LogP contribution >= 0.6 is 0 Å². The van der Waals surface area contributed by atoms with E-state index in [9.17, 15) is 4.79 Å². The van der Waals surface area contributed by atoms with Gasteiger partial charge in [-0.1, -0.05) is 143 Å². The Morgan fingerprint density at radius 2 is 0.882 bits per heavy atom. The number of carboxylic acid groups (broad SMARTS) is 1. The third kappa shape index (κ3) is 29.4. The van der Waals surface area contributed by atoms with E-state index in [2.05, 4.69) is 13.8 Å². The number of carboxylic acids is 1. The quantitative estimate of drug-likeness (QED) is 0.119. The van der Waals surface area contributed by atoms with Crippen LogP contribution in [0.15, 0.2) is 0 Å². The van der Waals surface area contributed by atoms with Crippen molar-refractivity contribution in [2.45, 2.75) is 163 Å². The number of carbonyl (C=O) groups is 1. The first kappa shape index (κ1) is 35.6. The van der Waals surface area contributed by atoms with Crippen LogP contribution in [0.1, 0.15) is 163 Å². The molecule has 0 heterocycles. The van der Waals surface area contributed by atoms with E-state index in [0.717, 1.165) is 12.8 Å². The number of aliphatic hydroxyl groups excluding tert-OH is 2. The molecule has 34 heavy (non-hydrogen) atoms. The number of hydrogen-bond acceptors (Lipinski definition) is 3. The minimum absolute atomic E-state index is 0.0451. The molecule has 0 saturated heterocycles. The minimum Gasteiger partial charge on any atom is -0.481 e. The van der Waals surface area contributed by atoms with Gasteiger partial charge in [0.05, 0.1) is 13.2 Å². The van der Waals surface area contributed by atoms with Crippen molar-refractivity contribution < 1.29 is 20.1 Å². The molecule has 0 spiro atoms. The Morgan fingerprint density at radius 3 is 1.12 bits per heavy atom. The topological polar surface area (TPSA) is 77.8 Å². The molecule has 0 saturated carbocycles. The molecule has 1 atom stereocenters. The molecule has 206 valence electrons. The molecular formula is C30H62O4. The number of rotatable bonds is 24. The van der Waals surface area contributed by atoms with E-state index in [1.807, 2.05) is 0 Å². The van der Waals surface area contributed by atoms with Crippen molar-refractivity contribution in [2.24, 2.45) is 11.3 Å². The van der Waals surface area contributed by atoms with Crippen LogP contribution in [0.5, 0.6) is 0 Å². The van der Waals surface area contributed by atoms with Crippen molar-refractivity contribution in [2.75, 3.05) is 13.2 Å². The zero-order chi connectivity index (χ0) is 25.9. The summed E-state index contributed by atoms with van der Waals surface area (Å²) in [5.74, 6) is -0.191. The van der Waals surface area contributed by atoms with Crippen LogP contribution in [0, 0.1) is 11.3 Å². The summed E-state index contributed by atoms with van der Waals surface area (Å²) >= 11 is 0. The molecule has 0 aliphatic carbocycles. The molecule has 0 radical (unpaired) electrons. The molecule has 4 nitrogen and oxygen atoms in total. The van der Waals surface area contributed by atoms with Gasteiger partial charge in [0.2, 0.25) is 0 Å². The maximum Gasteiger partial charge on any atom is 0.303 e. The summed E-state index contributed by atoms with van der Waals surface area (Å²) in [6, 6.07) is 0. The largest absolute Gasteiger partial charge is 0.481 e. The predicted molar refractivity (Wildman–Crippen MR) is 147 cm³/mol. The van der Waals surface area contributed by atoms with Gasteiger partial charge in [-0.25, -0.2) is 0 Å². The summed E-state index contributed by atoms with van der Waals surface area (Å²) in [6.45, 7) is 8.22. The molecule has 3 N–H and O–H groups in total. The standard InChI is InChI=1S/C25H50O2.C5H12O2/c1-3-5-7-9-11-13-14-16-18-20-22-24(23-25(26)27)21-19-17-15-12-10-8-6-4-2;1-5(2,3-6)4-7/h24H,3-23H2,1-2H3,(H,26,27);6-7H,3-4H2,1-2H3. The lowest BCUT2D eigenvalue weighted by Gasteiger charge is -2.16. The number of hydrogen-bond donors (Lipinski definition) is 3. The SMILES string of the molecule is CC(C)(CO)CO.CCCCCCCCCCCCC(CCCCCCCCCC)CC(=O)O. The Kier molecular flexibility index (Phi) is 28.2. The van der Waals surface area contributed by atoms with Crippen LogP contribution in [0.2, 0.25) is 0 Å². The highest BCUT2D eigenvalue weighted by Gasteiger charge is 2.13. The van der Waals surface area contributed by atoms with E-state index >= 15 is 0 Å². The third-order valence-electron chi connectivity index (χ3n) is 6.75. The number of aliphatic carboxylic acids is 1. The minimum atomic E-state index is -0.605. The molecule has 0 aromatic carbocycles. The molecular weight excluding hydrogens is 424 g/mol. The Bertz CT molecular complexity index is 403. The summed E-state index contributed by atoms with van der Waals surface area (Å²) in [5.41, 5.74) is -0.306.